The van der Waals surface area contributed by atoms with Gasteiger partial charge in [0.1, 0.15) is 12.4 Å². The maximum atomic E-state index is 5.98. The molecule has 0 saturated heterocycles. The van der Waals surface area contributed by atoms with Crippen LogP contribution in [0.15, 0.2) is 34.8 Å². The Balaban J connectivity index is 1.69. The van der Waals surface area contributed by atoms with Gasteiger partial charge in [-0.15, -0.1) is 11.3 Å². The maximum absolute atomic E-state index is 5.98. The van der Waals surface area contributed by atoms with Gasteiger partial charge >= 0.3 is 0 Å². The van der Waals surface area contributed by atoms with Crippen molar-refractivity contribution >= 4 is 38.9 Å². The highest BCUT2D eigenvalue weighted by Crippen LogP contribution is 2.32. The van der Waals surface area contributed by atoms with Crippen LogP contribution in [0.2, 0.25) is 4.34 Å². The van der Waals surface area contributed by atoms with E-state index in [1.165, 1.54) is 18.4 Å². The third-order valence-corrected chi connectivity index (χ3v) is 5.02. The van der Waals surface area contributed by atoms with Gasteiger partial charge in [-0.3, -0.25) is 0 Å². The fourth-order valence-corrected chi connectivity index (χ4v) is 3.49. The van der Waals surface area contributed by atoms with Gasteiger partial charge in [0, 0.05) is 23.0 Å². The second kappa shape index (κ2) is 6.48. The number of thiophene rings is 1. The number of ether oxygens (including phenoxy) is 1. The van der Waals surface area contributed by atoms with Gasteiger partial charge in [-0.2, -0.15) is 0 Å². The van der Waals surface area contributed by atoms with Gasteiger partial charge in [0.05, 0.1) is 8.81 Å². The van der Waals surface area contributed by atoms with E-state index in [9.17, 15) is 0 Å². The standard InChI is InChI=1S/C15H15BrClNOS/c16-13-3-1-2-10(8-18-11-4-5-11)15(13)19-9-12-6-7-14(17)20-12/h1-3,6-7,11,18H,4-5,8-9H2. The monoisotopic (exact) mass is 371 g/mol. The number of hydrogen-bond acceptors (Lipinski definition) is 3. The van der Waals surface area contributed by atoms with Crippen molar-refractivity contribution < 1.29 is 4.74 Å². The van der Waals surface area contributed by atoms with Crippen LogP contribution in [-0.4, -0.2) is 6.04 Å². The van der Waals surface area contributed by atoms with Crippen LogP contribution in [0.25, 0.3) is 0 Å². The Hall–Kier alpha value is -0.550. The molecule has 0 bridgehead atoms. The largest absolute Gasteiger partial charge is 0.487 e. The van der Waals surface area contributed by atoms with Gasteiger partial charge in [-0.05, 0) is 47.0 Å². The summed E-state index contributed by atoms with van der Waals surface area (Å²) < 4.78 is 7.78. The molecule has 2 aromatic rings. The van der Waals surface area contributed by atoms with E-state index in [2.05, 4.69) is 27.3 Å². The Morgan fingerprint density at radius 1 is 1.30 bits per heavy atom. The van der Waals surface area contributed by atoms with Crippen LogP contribution in [0.3, 0.4) is 0 Å². The summed E-state index contributed by atoms with van der Waals surface area (Å²) in [5.41, 5.74) is 1.19. The van der Waals surface area contributed by atoms with Crippen LogP contribution in [0.1, 0.15) is 23.3 Å². The van der Waals surface area contributed by atoms with Crippen molar-refractivity contribution in [3.63, 3.8) is 0 Å². The smallest absolute Gasteiger partial charge is 0.138 e. The van der Waals surface area contributed by atoms with E-state index >= 15 is 0 Å². The third-order valence-electron chi connectivity index (χ3n) is 3.19. The molecule has 0 atom stereocenters. The van der Waals surface area contributed by atoms with Crippen LogP contribution in [-0.2, 0) is 13.2 Å². The van der Waals surface area contributed by atoms with Crippen LogP contribution >= 0.6 is 38.9 Å². The lowest BCUT2D eigenvalue weighted by Gasteiger charge is -2.13. The fourth-order valence-electron chi connectivity index (χ4n) is 1.97. The molecule has 0 radical (unpaired) electrons. The molecule has 106 valence electrons. The van der Waals surface area contributed by atoms with Crippen molar-refractivity contribution in [1.29, 1.82) is 0 Å². The van der Waals surface area contributed by atoms with E-state index < -0.39 is 0 Å². The zero-order valence-electron chi connectivity index (χ0n) is 10.9. The molecule has 1 heterocycles. The number of rotatable bonds is 6. The Labute approximate surface area is 136 Å². The lowest BCUT2D eigenvalue weighted by atomic mass is 10.2. The summed E-state index contributed by atoms with van der Waals surface area (Å²) in [5.74, 6) is 0.921. The summed E-state index contributed by atoms with van der Waals surface area (Å²) in [5, 5.41) is 3.52. The molecule has 0 spiro atoms. The van der Waals surface area contributed by atoms with Gasteiger partial charge in [-0.1, -0.05) is 23.7 Å². The normalized spacial score (nSPS) is 14.5. The fraction of sp³-hybridized carbons (Fsp3) is 0.333. The quantitative estimate of drug-likeness (QED) is 0.771. The minimum absolute atomic E-state index is 0.552. The van der Waals surface area contributed by atoms with Crippen molar-refractivity contribution in [3.8, 4) is 5.75 Å². The molecule has 5 heteroatoms. The Morgan fingerprint density at radius 3 is 2.85 bits per heavy atom. The van der Waals surface area contributed by atoms with Gasteiger partial charge in [0.2, 0.25) is 0 Å². The van der Waals surface area contributed by atoms with E-state index in [-0.39, 0.29) is 0 Å². The zero-order valence-corrected chi connectivity index (χ0v) is 14.0. The topological polar surface area (TPSA) is 21.3 Å². The van der Waals surface area contributed by atoms with Crippen molar-refractivity contribution in [1.82, 2.24) is 5.32 Å². The Bertz CT molecular complexity index is 597. The zero-order chi connectivity index (χ0) is 13.9. The number of nitrogens with one attached hydrogen (secondary N) is 1. The summed E-state index contributed by atoms with van der Waals surface area (Å²) in [6, 6.07) is 10.8. The molecule has 0 amide bonds. The molecule has 1 aliphatic rings. The molecule has 3 rings (SSSR count). The molecule has 0 unspecified atom stereocenters. The van der Waals surface area contributed by atoms with Gasteiger partial charge in [0.15, 0.2) is 0 Å². The molecule has 1 aromatic heterocycles. The molecule has 1 saturated carbocycles. The lowest BCUT2D eigenvalue weighted by molar-refractivity contribution is 0.303. The van der Waals surface area contributed by atoms with Crippen molar-refractivity contribution in [2.75, 3.05) is 0 Å². The van der Waals surface area contributed by atoms with E-state index in [1.807, 2.05) is 24.3 Å². The summed E-state index contributed by atoms with van der Waals surface area (Å²) in [7, 11) is 0. The Morgan fingerprint density at radius 2 is 2.15 bits per heavy atom. The van der Waals surface area contributed by atoms with Gasteiger partial charge < -0.3 is 10.1 Å². The molecule has 2 nitrogen and oxygen atoms in total. The average molecular weight is 373 g/mol. The minimum atomic E-state index is 0.552. The molecule has 1 aliphatic carbocycles. The van der Waals surface area contributed by atoms with Crippen molar-refractivity contribution in [3.05, 3.63) is 49.6 Å². The summed E-state index contributed by atoms with van der Waals surface area (Å²) in [6.07, 6.45) is 2.58. The molecule has 0 aliphatic heterocycles. The number of hydrogen-bond donors (Lipinski definition) is 1. The molecule has 1 N–H and O–H groups in total. The first-order valence-electron chi connectivity index (χ1n) is 6.60. The second-order valence-electron chi connectivity index (χ2n) is 4.88. The summed E-state index contributed by atoms with van der Waals surface area (Å²) >= 11 is 11.1. The summed E-state index contributed by atoms with van der Waals surface area (Å²) in [6.45, 7) is 1.40. The Kier molecular flexibility index (Phi) is 4.66. The predicted molar refractivity (Wildman–Crippen MR) is 87.7 cm³/mol. The molecular formula is C15H15BrClNOS. The first-order chi connectivity index (χ1) is 9.72. The highest BCUT2D eigenvalue weighted by molar-refractivity contribution is 9.10. The van der Waals surface area contributed by atoms with E-state index in [4.69, 9.17) is 16.3 Å². The number of para-hydroxylation sites is 1. The van der Waals surface area contributed by atoms with Crippen molar-refractivity contribution in [2.24, 2.45) is 0 Å². The van der Waals surface area contributed by atoms with Crippen LogP contribution in [0.5, 0.6) is 5.75 Å². The van der Waals surface area contributed by atoms with E-state index in [0.29, 0.717) is 12.6 Å². The number of halogens is 2. The predicted octanol–water partition coefficient (Wildman–Crippen LogP) is 5.00. The lowest BCUT2D eigenvalue weighted by Crippen LogP contribution is -2.16. The highest BCUT2D eigenvalue weighted by atomic mass is 79.9. The van der Waals surface area contributed by atoms with E-state index in [1.54, 1.807) is 11.3 Å². The molecule has 1 fully saturated rings. The van der Waals surface area contributed by atoms with E-state index in [0.717, 1.165) is 26.0 Å². The maximum Gasteiger partial charge on any atom is 0.138 e. The van der Waals surface area contributed by atoms with Crippen LogP contribution in [0.4, 0.5) is 0 Å². The number of benzene rings is 1. The molecular weight excluding hydrogens is 358 g/mol. The first kappa shape index (κ1) is 14.4. The van der Waals surface area contributed by atoms with Crippen LogP contribution in [0, 0.1) is 0 Å². The SMILES string of the molecule is Clc1ccc(COc2c(Br)cccc2CNC2CC2)s1. The highest BCUT2D eigenvalue weighted by Gasteiger charge is 2.21. The minimum Gasteiger partial charge on any atom is -0.487 e. The first-order valence-corrected chi connectivity index (χ1v) is 8.59. The van der Waals surface area contributed by atoms with Gasteiger partial charge in [-0.25, -0.2) is 0 Å². The second-order valence-corrected chi connectivity index (χ2v) is 7.53. The molecule has 1 aromatic carbocycles. The summed E-state index contributed by atoms with van der Waals surface area (Å²) in [4.78, 5) is 1.13. The average Bonchev–Trinajstić information content (AvgIpc) is 3.17. The molecule has 20 heavy (non-hydrogen) atoms. The van der Waals surface area contributed by atoms with Crippen molar-refractivity contribution in [2.45, 2.75) is 32.0 Å². The third kappa shape index (κ3) is 3.76. The van der Waals surface area contributed by atoms with Crippen LogP contribution < -0.4 is 10.1 Å². The van der Waals surface area contributed by atoms with Gasteiger partial charge in [0.25, 0.3) is 0 Å².